The van der Waals surface area contributed by atoms with Crippen LogP contribution in [0.5, 0.6) is 5.75 Å². The first-order valence-electron chi connectivity index (χ1n) is 7.61. The highest BCUT2D eigenvalue weighted by Crippen LogP contribution is 2.23. The average molecular weight is 425 g/mol. The minimum atomic E-state index is -4.36. The number of likely N-dealkylation sites (N-methyl/N-ethyl adjacent to an activating group) is 1. The van der Waals surface area contributed by atoms with Crippen LogP contribution < -0.4 is 9.46 Å². The topological polar surface area (TPSA) is 58.6 Å². The van der Waals surface area contributed by atoms with Crippen molar-refractivity contribution in [3.8, 4) is 5.75 Å². The molecule has 0 amide bonds. The first-order valence-corrected chi connectivity index (χ1v) is 9.09. The minimum absolute atomic E-state index is 0. The van der Waals surface area contributed by atoms with Gasteiger partial charge in [0.05, 0.1) is 7.11 Å². The van der Waals surface area contributed by atoms with E-state index in [9.17, 15) is 21.6 Å². The number of sulfonamides is 1. The van der Waals surface area contributed by atoms with Gasteiger partial charge in [0.2, 0.25) is 10.0 Å². The molecule has 5 nitrogen and oxygen atoms in total. The van der Waals surface area contributed by atoms with E-state index in [1.807, 2.05) is 0 Å². The molecule has 2 aromatic rings. The van der Waals surface area contributed by atoms with Crippen molar-refractivity contribution in [2.75, 3.05) is 27.7 Å². The highest BCUT2D eigenvalue weighted by atomic mass is 35.5. The van der Waals surface area contributed by atoms with E-state index in [2.05, 4.69) is 4.72 Å². The van der Waals surface area contributed by atoms with Crippen LogP contribution in [0.4, 0.5) is 13.2 Å². The Labute approximate surface area is 162 Å². The van der Waals surface area contributed by atoms with Crippen LogP contribution in [-0.2, 0) is 10.0 Å². The summed E-state index contributed by atoms with van der Waals surface area (Å²) in [4.78, 5) is 0.829. The van der Waals surface area contributed by atoms with Crippen molar-refractivity contribution in [2.24, 2.45) is 0 Å². The molecular formula is C17H20ClF3N2O3S. The maximum absolute atomic E-state index is 13.8. The quantitative estimate of drug-likeness (QED) is 0.694. The lowest BCUT2D eigenvalue weighted by atomic mass is 10.1. The monoisotopic (exact) mass is 424 g/mol. The second kappa shape index (κ2) is 9.41. The number of halogens is 4. The van der Waals surface area contributed by atoms with Gasteiger partial charge in [-0.2, -0.15) is 0 Å². The van der Waals surface area contributed by atoms with E-state index in [0.29, 0.717) is 17.9 Å². The van der Waals surface area contributed by atoms with Crippen molar-refractivity contribution in [1.82, 2.24) is 9.62 Å². The molecule has 27 heavy (non-hydrogen) atoms. The molecule has 1 N–H and O–H groups in total. The van der Waals surface area contributed by atoms with Gasteiger partial charge in [0.1, 0.15) is 10.6 Å². The van der Waals surface area contributed by atoms with Gasteiger partial charge in [-0.05, 0) is 43.9 Å². The Bertz CT molecular complexity index is 878. The molecular weight excluding hydrogens is 405 g/mol. The van der Waals surface area contributed by atoms with Crippen molar-refractivity contribution >= 4 is 22.4 Å². The Morgan fingerprint density at radius 3 is 2.15 bits per heavy atom. The van der Waals surface area contributed by atoms with Crippen LogP contribution in [0.2, 0.25) is 0 Å². The van der Waals surface area contributed by atoms with Crippen LogP contribution in [0.15, 0.2) is 41.3 Å². The Hall–Kier alpha value is -1.81. The summed E-state index contributed by atoms with van der Waals surface area (Å²) in [5.74, 6) is -4.38. The second-order valence-corrected chi connectivity index (χ2v) is 7.51. The Kier molecular flexibility index (Phi) is 8.09. The molecule has 0 saturated carbocycles. The van der Waals surface area contributed by atoms with Crippen LogP contribution in [0.1, 0.15) is 11.6 Å². The molecule has 0 aromatic heterocycles. The number of nitrogens with zero attached hydrogens (tertiary/aromatic N) is 1. The summed E-state index contributed by atoms with van der Waals surface area (Å²) in [6.45, 7) is -0.0971. The molecule has 0 aliphatic heterocycles. The maximum atomic E-state index is 13.8. The molecule has 0 saturated heterocycles. The highest BCUT2D eigenvalue weighted by molar-refractivity contribution is 7.89. The van der Waals surface area contributed by atoms with Crippen LogP contribution in [-0.4, -0.2) is 41.1 Å². The number of rotatable bonds is 7. The van der Waals surface area contributed by atoms with E-state index < -0.39 is 32.4 Å². The molecule has 1 unspecified atom stereocenters. The average Bonchev–Trinajstić information content (AvgIpc) is 2.59. The van der Waals surface area contributed by atoms with Gasteiger partial charge >= 0.3 is 0 Å². The van der Waals surface area contributed by atoms with Crippen molar-refractivity contribution in [3.63, 3.8) is 0 Å². The fraction of sp³-hybridized carbons (Fsp3) is 0.294. The van der Waals surface area contributed by atoms with Crippen molar-refractivity contribution < 1.29 is 26.3 Å². The van der Waals surface area contributed by atoms with Crippen molar-refractivity contribution in [2.45, 2.75) is 10.9 Å². The first kappa shape index (κ1) is 23.2. The number of ether oxygens (including phenoxy) is 1. The Balaban J connectivity index is 0.00000364. The van der Waals surface area contributed by atoms with Crippen LogP contribution in [0, 0.1) is 17.5 Å². The van der Waals surface area contributed by atoms with E-state index >= 15 is 0 Å². The molecule has 0 bridgehead atoms. The largest absolute Gasteiger partial charge is 0.497 e. The van der Waals surface area contributed by atoms with Crippen LogP contribution in [0.25, 0.3) is 0 Å². The van der Waals surface area contributed by atoms with Gasteiger partial charge in [0, 0.05) is 12.6 Å². The summed E-state index contributed by atoms with van der Waals surface area (Å²) in [5, 5.41) is 0. The number of nitrogens with one attached hydrogen (secondary N) is 1. The third-order valence-corrected chi connectivity index (χ3v) is 5.32. The molecule has 0 radical (unpaired) electrons. The highest BCUT2D eigenvalue weighted by Gasteiger charge is 2.25. The Morgan fingerprint density at radius 1 is 1.04 bits per heavy atom. The normalized spacial score (nSPS) is 12.6. The van der Waals surface area contributed by atoms with Gasteiger partial charge in [-0.1, -0.05) is 12.1 Å². The Morgan fingerprint density at radius 2 is 1.63 bits per heavy atom. The zero-order chi connectivity index (χ0) is 19.5. The zero-order valence-electron chi connectivity index (χ0n) is 14.9. The molecule has 0 spiro atoms. The van der Waals surface area contributed by atoms with Crippen molar-refractivity contribution in [1.29, 1.82) is 0 Å². The van der Waals surface area contributed by atoms with E-state index in [0.717, 1.165) is 5.56 Å². The van der Waals surface area contributed by atoms with E-state index in [4.69, 9.17) is 4.74 Å². The standard InChI is InChI=1S/C17H19F3N2O3S.ClH/c1-22(2)14(11-4-6-12(25-3)7-5-11)10-21-26(23,24)15-9-8-13(18)16(19)17(15)20;/h4-9,14,21H,10H2,1-3H3;1H. The van der Waals surface area contributed by atoms with Gasteiger partial charge in [-0.15, -0.1) is 12.4 Å². The van der Waals surface area contributed by atoms with Gasteiger partial charge in [0.25, 0.3) is 0 Å². The third-order valence-electron chi connectivity index (χ3n) is 3.88. The summed E-state index contributed by atoms with van der Waals surface area (Å²) >= 11 is 0. The SMILES string of the molecule is COc1ccc(C(CNS(=O)(=O)c2ccc(F)c(F)c2F)N(C)C)cc1.Cl. The minimum Gasteiger partial charge on any atom is -0.497 e. The van der Waals surface area contributed by atoms with Gasteiger partial charge < -0.3 is 9.64 Å². The van der Waals surface area contributed by atoms with Crippen molar-refractivity contribution in [3.05, 3.63) is 59.4 Å². The summed E-state index contributed by atoms with van der Waals surface area (Å²) in [6.07, 6.45) is 0. The molecule has 0 heterocycles. The van der Waals surface area contributed by atoms with Crippen LogP contribution in [0.3, 0.4) is 0 Å². The molecule has 150 valence electrons. The summed E-state index contributed by atoms with van der Waals surface area (Å²) in [6, 6.07) is 7.90. The maximum Gasteiger partial charge on any atom is 0.243 e. The lowest BCUT2D eigenvalue weighted by Crippen LogP contribution is -2.35. The fourth-order valence-corrected chi connectivity index (χ4v) is 3.51. The van der Waals surface area contributed by atoms with Crippen LogP contribution >= 0.6 is 12.4 Å². The molecule has 10 heteroatoms. The summed E-state index contributed by atoms with van der Waals surface area (Å²) in [7, 11) is 0.671. The van der Waals surface area contributed by atoms with E-state index in [1.54, 1.807) is 43.3 Å². The predicted octanol–water partition coefficient (Wildman–Crippen LogP) is 3.12. The van der Waals surface area contributed by atoms with Gasteiger partial charge in [-0.3, -0.25) is 0 Å². The molecule has 2 rings (SSSR count). The molecule has 0 aliphatic carbocycles. The molecule has 0 aliphatic rings. The number of benzene rings is 2. The molecule has 1 atom stereocenters. The smallest absolute Gasteiger partial charge is 0.243 e. The molecule has 0 fully saturated rings. The molecule has 2 aromatic carbocycles. The number of hydrogen-bond donors (Lipinski definition) is 1. The lowest BCUT2D eigenvalue weighted by molar-refractivity contribution is 0.299. The second-order valence-electron chi connectivity index (χ2n) is 5.78. The third kappa shape index (κ3) is 5.35. The van der Waals surface area contributed by atoms with Gasteiger partial charge in [-0.25, -0.2) is 26.3 Å². The van der Waals surface area contributed by atoms with E-state index in [-0.39, 0.29) is 25.0 Å². The zero-order valence-corrected chi connectivity index (χ0v) is 16.5. The summed E-state index contributed by atoms with van der Waals surface area (Å²) < 4.78 is 72.0. The lowest BCUT2D eigenvalue weighted by Gasteiger charge is -2.25. The number of hydrogen-bond acceptors (Lipinski definition) is 4. The predicted molar refractivity (Wildman–Crippen MR) is 98.2 cm³/mol. The first-order chi connectivity index (χ1) is 12.2. The number of methoxy groups -OCH3 is 1. The fourth-order valence-electron chi connectivity index (χ4n) is 2.41. The van der Waals surface area contributed by atoms with Gasteiger partial charge in [0.15, 0.2) is 17.5 Å². The van der Waals surface area contributed by atoms with E-state index in [1.165, 1.54) is 7.11 Å². The summed E-state index contributed by atoms with van der Waals surface area (Å²) in [5.41, 5.74) is 0.796.